The summed E-state index contributed by atoms with van der Waals surface area (Å²) in [6, 6.07) is 1.21. The van der Waals surface area contributed by atoms with Crippen molar-refractivity contribution in [2.75, 3.05) is 17.3 Å². The van der Waals surface area contributed by atoms with Crippen molar-refractivity contribution in [2.24, 2.45) is 0 Å². The number of nitrogens with one attached hydrogen (secondary N) is 1. The Labute approximate surface area is 102 Å². The zero-order chi connectivity index (χ0) is 11.5. The number of rotatable bonds is 6. The van der Waals surface area contributed by atoms with Crippen LogP contribution in [0.3, 0.4) is 0 Å². The molecular formula is C12H21N3S. The second-order valence-electron chi connectivity index (χ2n) is 4.67. The molecule has 2 rings (SSSR count). The van der Waals surface area contributed by atoms with E-state index in [0.717, 1.165) is 11.6 Å². The van der Waals surface area contributed by atoms with Gasteiger partial charge >= 0.3 is 0 Å². The summed E-state index contributed by atoms with van der Waals surface area (Å²) in [4.78, 5) is 4.56. The number of nitrogens with zero attached hydrogens (tertiary/aromatic N) is 2. The monoisotopic (exact) mass is 239 g/mol. The molecule has 1 aliphatic carbocycles. The van der Waals surface area contributed by atoms with Gasteiger partial charge in [-0.2, -0.15) is 11.8 Å². The van der Waals surface area contributed by atoms with E-state index in [1.54, 1.807) is 0 Å². The third-order valence-corrected chi connectivity index (χ3v) is 3.57. The minimum atomic E-state index is 0.506. The van der Waals surface area contributed by atoms with Crippen LogP contribution in [0.25, 0.3) is 0 Å². The average Bonchev–Trinajstić information content (AvgIpc) is 3.01. The molecule has 16 heavy (non-hydrogen) atoms. The molecule has 1 heterocycles. The molecule has 1 unspecified atom stereocenters. The average molecular weight is 239 g/mol. The second-order valence-corrected chi connectivity index (χ2v) is 5.66. The number of hydrogen-bond acceptors (Lipinski definition) is 3. The van der Waals surface area contributed by atoms with E-state index in [4.69, 9.17) is 0 Å². The minimum absolute atomic E-state index is 0.506. The maximum absolute atomic E-state index is 4.56. The zero-order valence-electron chi connectivity index (χ0n) is 10.4. The highest BCUT2D eigenvalue weighted by Crippen LogP contribution is 2.37. The molecule has 0 bridgehead atoms. The Kier molecular flexibility index (Phi) is 3.79. The molecule has 90 valence electrons. The first-order chi connectivity index (χ1) is 7.70. The predicted molar refractivity (Wildman–Crippen MR) is 71.3 cm³/mol. The van der Waals surface area contributed by atoms with Crippen LogP contribution in [0.4, 0.5) is 5.95 Å². The fraction of sp³-hybridized carbons (Fsp3) is 0.750. The van der Waals surface area contributed by atoms with Gasteiger partial charge in [-0.3, -0.25) is 0 Å². The number of thioether (sulfide) groups is 1. The normalized spacial score (nSPS) is 17.4. The van der Waals surface area contributed by atoms with E-state index in [0.29, 0.717) is 12.1 Å². The molecular weight excluding hydrogens is 218 g/mol. The molecule has 3 nitrogen and oxygen atoms in total. The second kappa shape index (κ2) is 5.13. The van der Waals surface area contributed by atoms with Crippen LogP contribution in [-0.2, 0) is 0 Å². The van der Waals surface area contributed by atoms with E-state index in [-0.39, 0.29) is 0 Å². The molecule has 1 atom stereocenters. The minimum Gasteiger partial charge on any atom is -0.353 e. The van der Waals surface area contributed by atoms with Crippen molar-refractivity contribution < 1.29 is 0 Å². The van der Waals surface area contributed by atoms with Crippen LogP contribution in [0, 0.1) is 6.92 Å². The van der Waals surface area contributed by atoms with Crippen molar-refractivity contribution in [3.05, 3.63) is 11.9 Å². The maximum Gasteiger partial charge on any atom is 0.203 e. The number of aryl methyl sites for hydroxylation is 1. The van der Waals surface area contributed by atoms with Crippen LogP contribution in [0.1, 0.15) is 37.9 Å². The Morgan fingerprint density at radius 2 is 2.38 bits per heavy atom. The first kappa shape index (κ1) is 11.8. The summed E-state index contributed by atoms with van der Waals surface area (Å²) in [5, 5.41) is 3.53. The highest BCUT2D eigenvalue weighted by Gasteiger charge is 2.26. The Morgan fingerprint density at radius 3 is 3.00 bits per heavy atom. The first-order valence-electron chi connectivity index (χ1n) is 6.01. The van der Waals surface area contributed by atoms with Gasteiger partial charge in [0.1, 0.15) is 0 Å². The zero-order valence-corrected chi connectivity index (χ0v) is 11.2. The molecule has 1 fully saturated rings. The SMILES string of the molecule is CSCCC(C)Nc1nc(C)cn1C1CC1. The van der Waals surface area contributed by atoms with E-state index in [2.05, 4.69) is 41.2 Å². The van der Waals surface area contributed by atoms with Gasteiger partial charge in [-0.05, 0) is 45.1 Å². The van der Waals surface area contributed by atoms with Crippen molar-refractivity contribution >= 4 is 17.7 Å². The van der Waals surface area contributed by atoms with Gasteiger partial charge in [0.25, 0.3) is 0 Å². The number of anilines is 1. The predicted octanol–water partition coefficient (Wildman–Crippen LogP) is 3.08. The quantitative estimate of drug-likeness (QED) is 0.827. The Bertz CT molecular complexity index is 344. The van der Waals surface area contributed by atoms with Crippen molar-refractivity contribution in [3.63, 3.8) is 0 Å². The van der Waals surface area contributed by atoms with Crippen LogP contribution in [0.15, 0.2) is 6.20 Å². The molecule has 0 aliphatic heterocycles. The molecule has 1 aromatic rings. The summed E-state index contributed by atoms with van der Waals surface area (Å²) in [5.74, 6) is 2.27. The highest BCUT2D eigenvalue weighted by atomic mass is 32.2. The summed E-state index contributed by atoms with van der Waals surface area (Å²) in [5.41, 5.74) is 1.12. The summed E-state index contributed by atoms with van der Waals surface area (Å²) in [6.07, 6.45) is 8.13. The van der Waals surface area contributed by atoms with Gasteiger partial charge in [-0.15, -0.1) is 0 Å². The third-order valence-electron chi connectivity index (χ3n) is 2.92. The fourth-order valence-electron chi connectivity index (χ4n) is 1.84. The van der Waals surface area contributed by atoms with E-state index in [9.17, 15) is 0 Å². The van der Waals surface area contributed by atoms with Crippen LogP contribution < -0.4 is 5.32 Å². The fourth-order valence-corrected chi connectivity index (χ4v) is 2.43. The first-order valence-corrected chi connectivity index (χ1v) is 7.41. The molecule has 4 heteroatoms. The molecule has 0 amide bonds. The summed E-state index contributed by atoms with van der Waals surface area (Å²) in [7, 11) is 0. The molecule has 0 saturated heterocycles. The van der Waals surface area contributed by atoms with Crippen LogP contribution >= 0.6 is 11.8 Å². The molecule has 0 spiro atoms. The Balaban J connectivity index is 1.97. The summed E-state index contributed by atoms with van der Waals surface area (Å²) < 4.78 is 2.31. The van der Waals surface area contributed by atoms with Gasteiger partial charge in [-0.1, -0.05) is 0 Å². The lowest BCUT2D eigenvalue weighted by Crippen LogP contribution is -2.18. The van der Waals surface area contributed by atoms with Gasteiger partial charge in [0, 0.05) is 18.3 Å². The highest BCUT2D eigenvalue weighted by molar-refractivity contribution is 7.98. The standard InChI is InChI=1S/C12H21N3S/c1-9(6-7-16-3)13-12-14-10(2)8-15(12)11-4-5-11/h8-9,11H,4-7H2,1-3H3,(H,13,14). The van der Waals surface area contributed by atoms with Crippen molar-refractivity contribution in [2.45, 2.75) is 45.2 Å². The molecule has 0 radical (unpaired) electrons. The van der Waals surface area contributed by atoms with Gasteiger partial charge in [-0.25, -0.2) is 4.98 Å². The van der Waals surface area contributed by atoms with Crippen LogP contribution in [0.2, 0.25) is 0 Å². The van der Waals surface area contributed by atoms with E-state index in [1.807, 2.05) is 11.8 Å². The smallest absolute Gasteiger partial charge is 0.203 e. The topological polar surface area (TPSA) is 29.9 Å². The van der Waals surface area contributed by atoms with E-state index < -0.39 is 0 Å². The van der Waals surface area contributed by atoms with Crippen molar-refractivity contribution in [1.82, 2.24) is 9.55 Å². The lowest BCUT2D eigenvalue weighted by Gasteiger charge is -2.15. The lowest BCUT2D eigenvalue weighted by molar-refractivity contribution is 0.705. The van der Waals surface area contributed by atoms with Gasteiger partial charge < -0.3 is 9.88 Å². The largest absolute Gasteiger partial charge is 0.353 e. The number of aromatic nitrogens is 2. The van der Waals surface area contributed by atoms with Gasteiger partial charge in [0.2, 0.25) is 5.95 Å². The van der Waals surface area contributed by atoms with Crippen molar-refractivity contribution in [1.29, 1.82) is 0 Å². The molecule has 1 saturated carbocycles. The number of hydrogen-bond donors (Lipinski definition) is 1. The van der Waals surface area contributed by atoms with E-state index >= 15 is 0 Å². The molecule has 1 aliphatic rings. The molecule has 1 N–H and O–H groups in total. The lowest BCUT2D eigenvalue weighted by atomic mass is 10.3. The maximum atomic E-state index is 4.56. The van der Waals surface area contributed by atoms with E-state index in [1.165, 1.54) is 25.0 Å². The summed E-state index contributed by atoms with van der Waals surface area (Å²) >= 11 is 1.90. The van der Waals surface area contributed by atoms with Gasteiger partial charge in [0.15, 0.2) is 0 Å². The summed E-state index contributed by atoms with van der Waals surface area (Å²) in [6.45, 7) is 4.30. The van der Waals surface area contributed by atoms with Crippen molar-refractivity contribution in [3.8, 4) is 0 Å². The van der Waals surface area contributed by atoms with Crippen LogP contribution in [-0.4, -0.2) is 27.6 Å². The van der Waals surface area contributed by atoms with Gasteiger partial charge in [0.05, 0.1) is 5.69 Å². The Hall–Kier alpha value is -0.640. The number of imidazole rings is 1. The van der Waals surface area contributed by atoms with Crippen LogP contribution in [0.5, 0.6) is 0 Å². The molecule has 0 aromatic carbocycles. The third kappa shape index (κ3) is 2.94. The molecule has 1 aromatic heterocycles. The Morgan fingerprint density at radius 1 is 1.62 bits per heavy atom.